The number of ether oxygens (including phenoxy) is 1. The number of hydrogen-bond acceptors (Lipinski definition) is 5. The van der Waals surface area contributed by atoms with Gasteiger partial charge < -0.3 is 15.8 Å². The molecule has 0 atom stereocenters. The van der Waals surface area contributed by atoms with Crippen molar-refractivity contribution in [2.24, 2.45) is 0 Å². The molecular formula is C18H23F3N5O2-. The van der Waals surface area contributed by atoms with Crippen LogP contribution in [0.25, 0.3) is 5.73 Å². The summed E-state index contributed by atoms with van der Waals surface area (Å²) in [6.07, 6.45) is 1.09. The molecule has 2 aromatic rings. The molecule has 2 rings (SSSR count). The summed E-state index contributed by atoms with van der Waals surface area (Å²) in [5, 5.41) is 2.62. The number of amides is 1. The Labute approximate surface area is 161 Å². The van der Waals surface area contributed by atoms with Crippen LogP contribution in [0.4, 0.5) is 13.2 Å². The fourth-order valence-electron chi connectivity index (χ4n) is 1.71. The number of rotatable bonds is 5. The molecule has 2 heterocycles. The van der Waals surface area contributed by atoms with Crippen LogP contribution in [0.1, 0.15) is 42.4 Å². The number of nitrogens with zero attached hydrogens (tertiary/aromatic N) is 3. The molecule has 0 aliphatic rings. The van der Waals surface area contributed by atoms with Crippen LogP contribution in [0.3, 0.4) is 0 Å². The molecule has 0 saturated carbocycles. The smallest absolute Gasteiger partial charge is 0.422 e. The maximum absolute atomic E-state index is 12.1. The molecule has 10 heteroatoms. The molecule has 0 aliphatic carbocycles. The summed E-state index contributed by atoms with van der Waals surface area (Å²) in [7, 11) is 0. The fraction of sp³-hybridized carbons (Fsp3) is 0.444. The Balaban J connectivity index is 0.000000696. The van der Waals surface area contributed by atoms with Gasteiger partial charge >= 0.3 is 6.18 Å². The second-order valence-electron chi connectivity index (χ2n) is 6.89. The summed E-state index contributed by atoms with van der Waals surface area (Å²) >= 11 is 0. The molecule has 0 spiro atoms. The standard InChI is InChI=1S/C14H13F3N4O2.C4H10N/c1-9-4-10(6-21-13(9)23-8-14(15,16)17)5-20-12(22)11-7-18-2-3-19-11;1-4(2,3)5/h2-4,6-7H,5,8H2,1H3,(H,20,22);5H,1-3H3/q;-1. The lowest BCUT2D eigenvalue weighted by Crippen LogP contribution is -2.24. The minimum Gasteiger partial charge on any atom is -0.673 e. The number of nitrogens with one attached hydrogen (secondary N) is 2. The van der Waals surface area contributed by atoms with Crippen LogP contribution in [0.5, 0.6) is 5.88 Å². The lowest BCUT2D eigenvalue weighted by Gasteiger charge is -2.20. The van der Waals surface area contributed by atoms with Gasteiger partial charge in [-0.15, -0.1) is 5.54 Å². The van der Waals surface area contributed by atoms with E-state index in [2.05, 4.69) is 25.0 Å². The Bertz CT molecular complexity index is 756. The lowest BCUT2D eigenvalue weighted by atomic mass is 10.1. The summed E-state index contributed by atoms with van der Waals surface area (Å²) in [6, 6.07) is 1.59. The Morgan fingerprint density at radius 3 is 2.32 bits per heavy atom. The number of aromatic nitrogens is 3. The van der Waals surface area contributed by atoms with Gasteiger partial charge in [0.1, 0.15) is 5.69 Å². The van der Waals surface area contributed by atoms with E-state index in [0.29, 0.717) is 11.1 Å². The SMILES string of the molecule is CC(C)(C)[NH-].Cc1cc(CNC(=O)c2cnccn2)cnc1OCC(F)(F)F. The molecule has 2 aromatic heterocycles. The van der Waals surface area contributed by atoms with Gasteiger partial charge in [0.15, 0.2) is 6.61 Å². The van der Waals surface area contributed by atoms with Gasteiger partial charge in [-0.2, -0.15) is 13.2 Å². The van der Waals surface area contributed by atoms with Crippen molar-refractivity contribution in [3.05, 3.63) is 53.4 Å². The molecule has 0 aliphatic heterocycles. The van der Waals surface area contributed by atoms with Crippen LogP contribution < -0.4 is 10.1 Å². The number of halogens is 3. The Kier molecular flexibility index (Phi) is 8.30. The first kappa shape index (κ1) is 23.3. The van der Waals surface area contributed by atoms with E-state index in [1.54, 1.807) is 13.0 Å². The Hall–Kier alpha value is -2.75. The minimum atomic E-state index is -4.42. The van der Waals surface area contributed by atoms with Crippen molar-refractivity contribution < 1.29 is 22.7 Å². The highest BCUT2D eigenvalue weighted by atomic mass is 19.4. The van der Waals surface area contributed by atoms with E-state index in [9.17, 15) is 18.0 Å². The normalized spacial score (nSPS) is 11.3. The zero-order valence-electron chi connectivity index (χ0n) is 16.1. The van der Waals surface area contributed by atoms with Crippen molar-refractivity contribution in [3.63, 3.8) is 0 Å². The van der Waals surface area contributed by atoms with Gasteiger partial charge in [-0.1, -0.05) is 20.8 Å². The summed E-state index contributed by atoms with van der Waals surface area (Å²) < 4.78 is 40.9. The van der Waals surface area contributed by atoms with E-state index >= 15 is 0 Å². The predicted octanol–water partition coefficient (Wildman–Crippen LogP) is 3.89. The second kappa shape index (κ2) is 9.98. The zero-order chi connectivity index (χ0) is 21.4. The fourth-order valence-corrected chi connectivity index (χ4v) is 1.71. The third-order valence-electron chi connectivity index (χ3n) is 2.71. The van der Waals surface area contributed by atoms with Crippen molar-refractivity contribution in [1.29, 1.82) is 0 Å². The maximum atomic E-state index is 12.1. The highest BCUT2D eigenvalue weighted by Crippen LogP contribution is 2.20. The first-order valence-electron chi connectivity index (χ1n) is 8.29. The average Bonchev–Trinajstić information content (AvgIpc) is 2.57. The van der Waals surface area contributed by atoms with Gasteiger partial charge in [-0.05, 0) is 18.6 Å². The minimum absolute atomic E-state index is 0.0914. The number of alkyl halides is 3. The van der Waals surface area contributed by atoms with Crippen molar-refractivity contribution in [2.75, 3.05) is 6.61 Å². The van der Waals surface area contributed by atoms with Crippen LogP contribution in [0, 0.1) is 6.92 Å². The monoisotopic (exact) mass is 398 g/mol. The third kappa shape index (κ3) is 10.4. The third-order valence-corrected chi connectivity index (χ3v) is 2.71. The van der Waals surface area contributed by atoms with E-state index in [4.69, 9.17) is 5.73 Å². The van der Waals surface area contributed by atoms with E-state index in [0.717, 1.165) is 0 Å². The van der Waals surface area contributed by atoms with Gasteiger partial charge in [0.25, 0.3) is 5.91 Å². The molecule has 0 fully saturated rings. The second-order valence-corrected chi connectivity index (χ2v) is 6.89. The van der Waals surface area contributed by atoms with Crippen LogP contribution in [0.15, 0.2) is 30.9 Å². The molecule has 7 nitrogen and oxygen atoms in total. The molecule has 0 bridgehead atoms. The van der Waals surface area contributed by atoms with E-state index in [1.165, 1.54) is 24.8 Å². The largest absolute Gasteiger partial charge is 0.673 e. The highest BCUT2D eigenvalue weighted by molar-refractivity contribution is 5.91. The summed E-state index contributed by atoms with van der Waals surface area (Å²) in [6.45, 7) is 5.89. The first-order chi connectivity index (χ1) is 12.8. The highest BCUT2D eigenvalue weighted by Gasteiger charge is 2.28. The molecule has 1 amide bonds. The number of aryl methyl sites for hydroxylation is 1. The van der Waals surface area contributed by atoms with Crippen molar-refractivity contribution in [3.8, 4) is 5.88 Å². The average molecular weight is 398 g/mol. The van der Waals surface area contributed by atoms with Crippen LogP contribution in [-0.4, -0.2) is 39.2 Å². The molecule has 0 unspecified atom stereocenters. The molecule has 2 N–H and O–H groups in total. The Morgan fingerprint density at radius 2 is 1.82 bits per heavy atom. The number of hydrogen-bond donors (Lipinski definition) is 1. The zero-order valence-corrected chi connectivity index (χ0v) is 16.1. The van der Waals surface area contributed by atoms with Crippen molar-refractivity contribution in [1.82, 2.24) is 20.3 Å². The van der Waals surface area contributed by atoms with Crippen LogP contribution >= 0.6 is 0 Å². The number of carbonyl (C=O) groups is 1. The molecule has 154 valence electrons. The molecule has 0 aromatic carbocycles. The van der Waals surface area contributed by atoms with Gasteiger partial charge in [-0.25, -0.2) is 9.97 Å². The molecule has 28 heavy (non-hydrogen) atoms. The van der Waals surface area contributed by atoms with E-state index < -0.39 is 18.7 Å². The van der Waals surface area contributed by atoms with E-state index in [1.807, 2.05) is 20.8 Å². The van der Waals surface area contributed by atoms with Gasteiger partial charge in [0, 0.05) is 30.7 Å². The molecule has 0 saturated heterocycles. The Morgan fingerprint density at radius 1 is 1.18 bits per heavy atom. The summed E-state index contributed by atoms with van der Waals surface area (Å²) in [5.41, 5.74) is 7.93. The lowest BCUT2D eigenvalue weighted by molar-refractivity contribution is -0.154. The van der Waals surface area contributed by atoms with Crippen LogP contribution in [0.2, 0.25) is 0 Å². The topological polar surface area (TPSA) is 101 Å². The quantitative estimate of drug-likeness (QED) is 0.823. The molecular weight excluding hydrogens is 375 g/mol. The first-order valence-corrected chi connectivity index (χ1v) is 8.29. The van der Waals surface area contributed by atoms with Crippen molar-refractivity contribution >= 4 is 5.91 Å². The van der Waals surface area contributed by atoms with Crippen molar-refractivity contribution in [2.45, 2.75) is 46.0 Å². The number of carbonyl (C=O) groups excluding carboxylic acids is 1. The van der Waals surface area contributed by atoms with Crippen LogP contribution in [-0.2, 0) is 6.54 Å². The number of pyridine rings is 1. The van der Waals surface area contributed by atoms with Gasteiger partial charge in [0.05, 0.1) is 6.20 Å². The van der Waals surface area contributed by atoms with E-state index in [-0.39, 0.29) is 23.7 Å². The predicted molar refractivity (Wildman–Crippen MR) is 97.8 cm³/mol. The maximum Gasteiger partial charge on any atom is 0.422 e. The molecule has 0 radical (unpaired) electrons. The van der Waals surface area contributed by atoms with Gasteiger partial charge in [-0.3, -0.25) is 9.78 Å². The summed E-state index contributed by atoms with van der Waals surface area (Å²) in [5.74, 6) is -0.500. The summed E-state index contributed by atoms with van der Waals surface area (Å²) in [4.78, 5) is 23.3. The van der Waals surface area contributed by atoms with Gasteiger partial charge in [0.2, 0.25) is 5.88 Å².